The molecule has 1 N–H and O–H groups in total. The standard InChI is InChI=1S/C13H26O6.Zn/c1-10(7-16-4)18-9-12(3)19-8-11(2)17-6-5-13(14)15;/h10-12H,5-9H2,1-4H3,(H,14,15);. The zero-order valence-electron chi connectivity index (χ0n) is 13.0. The summed E-state index contributed by atoms with van der Waals surface area (Å²) in [5.41, 5.74) is 0. The first-order valence-electron chi connectivity index (χ1n) is 6.51. The smallest absolute Gasteiger partial charge is 0.305 e. The second-order valence-electron chi connectivity index (χ2n) is 4.57. The summed E-state index contributed by atoms with van der Waals surface area (Å²) in [6.45, 7) is 7.38. The van der Waals surface area contributed by atoms with Crippen LogP contribution in [0.4, 0.5) is 0 Å². The first kappa shape index (κ1) is 22.2. The van der Waals surface area contributed by atoms with E-state index in [1.165, 1.54) is 0 Å². The fourth-order valence-electron chi connectivity index (χ4n) is 1.33. The number of carboxylic acids is 1. The molecule has 0 bridgehead atoms. The molecular weight excluding hydrogens is 318 g/mol. The summed E-state index contributed by atoms with van der Waals surface area (Å²) in [5, 5.41) is 8.47. The van der Waals surface area contributed by atoms with Crippen LogP contribution in [-0.2, 0) is 43.2 Å². The molecule has 0 heterocycles. The van der Waals surface area contributed by atoms with Gasteiger partial charge in [0.15, 0.2) is 0 Å². The molecule has 116 valence electrons. The molecule has 0 aliphatic carbocycles. The number of carbonyl (C=O) groups is 1. The average molecular weight is 344 g/mol. The topological polar surface area (TPSA) is 74.2 Å². The van der Waals surface area contributed by atoms with Crippen molar-refractivity contribution in [1.82, 2.24) is 0 Å². The van der Waals surface area contributed by atoms with Crippen LogP contribution in [0.2, 0.25) is 0 Å². The van der Waals surface area contributed by atoms with Gasteiger partial charge in [-0.1, -0.05) is 0 Å². The Kier molecular flexibility index (Phi) is 15.4. The summed E-state index contributed by atoms with van der Waals surface area (Å²) in [6, 6.07) is 0. The van der Waals surface area contributed by atoms with Crippen LogP contribution in [-0.4, -0.2) is 62.9 Å². The predicted molar refractivity (Wildman–Crippen MR) is 70.4 cm³/mol. The SMILES string of the molecule is COCC(C)OCC(C)OCC(C)OCCC(=O)O.[Zn]. The van der Waals surface area contributed by atoms with Crippen molar-refractivity contribution in [2.24, 2.45) is 0 Å². The van der Waals surface area contributed by atoms with Crippen LogP contribution in [0.15, 0.2) is 0 Å². The van der Waals surface area contributed by atoms with Gasteiger partial charge in [-0.3, -0.25) is 4.79 Å². The maximum Gasteiger partial charge on any atom is 0.305 e. The summed E-state index contributed by atoms with van der Waals surface area (Å²) in [5.74, 6) is -0.859. The molecule has 0 amide bonds. The quantitative estimate of drug-likeness (QED) is 0.539. The Balaban J connectivity index is 0. The number of hydrogen-bond donors (Lipinski definition) is 1. The van der Waals surface area contributed by atoms with Gasteiger partial charge >= 0.3 is 5.97 Å². The second-order valence-corrected chi connectivity index (χ2v) is 4.57. The Morgan fingerprint density at radius 2 is 1.40 bits per heavy atom. The number of methoxy groups -OCH3 is 1. The van der Waals surface area contributed by atoms with Gasteiger partial charge in [-0.05, 0) is 20.8 Å². The van der Waals surface area contributed by atoms with Gasteiger partial charge in [-0.25, -0.2) is 0 Å². The third-order valence-corrected chi connectivity index (χ3v) is 2.35. The molecule has 0 rings (SSSR count). The summed E-state index contributed by atoms with van der Waals surface area (Å²) in [4.78, 5) is 10.3. The van der Waals surface area contributed by atoms with Gasteiger partial charge in [0, 0.05) is 26.6 Å². The fraction of sp³-hybridized carbons (Fsp3) is 0.923. The molecule has 0 spiro atoms. The zero-order valence-corrected chi connectivity index (χ0v) is 15.9. The van der Waals surface area contributed by atoms with E-state index in [4.69, 9.17) is 24.1 Å². The largest absolute Gasteiger partial charge is 0.481 e. The van der Waals surface area contributed by atoms with Crippen molar-refractivity contribution >= 4 is 5.97 Å². The van der Waals surface area contributed by atoms with Crippen LogP contribution in [0.25, 0.3) is 0 Å². The van der Waals surface area contributed by atoms with Crippen LogP contribution < -0.4 is 0 Å². The van der Waals surface area contributed by atoms with Crippen molar-refractivity contribution < 1.29 is 48.3 Å². The first-order chi connectivity index (χ1) is 8.95. The van der Waals surface area contributed by atoms with Crippen LogP contribution in [0.1, 0.15) is 27.2 Å². The van der Waals surface area contributed by atoms with Gasteiger partial charge in [0.1, 0.15) is 0 Å². The third-order valence-electron chi connectivity index (χ3n) is 2.35. The fourth-order valence-corrected chi connectivity index (χ4v) is 1.33. The van der Waals surface area contributed by atoms with E-state index >= 15 is 0 Å². The molecule has 0 saturated carbocycles. The van der Waals surface area contributed by atoms with Gasteiger partial charge in [-0.15, -0.1) is 0 Å². The van der Waals surface area contributed by atoms with E-state index in [-0.39, 0.29) is 50.8 Å². The predicted octanol–water partition coefficient (Wildman–Crippen LogP) is 1.32. The molecule has 0 aromatic rings. The molecule has 7 heteroatoms. The molecule has 0 fully saturated rings. The minimum absolute atomic E-state index is 0. The van der Waals surface area contributed by atoms with Crippen molar-refractivity contribution in [3.63, 3.8) is 0 Å². The molecule has 0 aliphatic rings. The van der Waals surface area contributed by atoms with Crippen LogP contribution in [0.5, 0.6) is 0 Å². The van der Waals surface area contributed by atoms with E-state index in [1.54, 1.807) is 7.11 Å². The van der Waals surface area contributed by atoms with Crippen molar-refractivity contribution in [3.8, 4) is 0 Å². The van der Waals surface area contributed by atoms with Gasteiger partial charge in [-0.2, -0.15) is 0 Å². The molecule has 3 unspecified atom stereocenters. The normalized spacial score (nSPS) is 15.2. The Hall–Kier alpha value is -0.0666. The van der Waals surface area contributed by atoms with Crippen LogP contribution in [0, 0.1) is 0 Å². The van der Waals surface area contributed by atoms with Gasteiger partial charge < -0.3 is 24.1 Å². The molecule has 6 nitrogen and oxygen atoms in total. The van der Waals surface area contributed by atoms with Crippen molar-refractivity contribution in [1.29, 1.82) is 0 Å². The number of hydrogen-bond acceptors (Lipinski definition) is 5. The van der Waals surface area contributed by atoms with Crippen molar-refractivity contribution in [2.45, 2.75) is 45.5 Å². The summed E-state index contributed by atoms with van der Waals surface area (Å²) >= 11 is 0. The Bertz CT molecular complexity index is 239. The van der Waals surface area contributed by atoms with Gasteiger partial charge in [0.25, 0.3) is 0 Å². The first-order valence-corrected chi connectivity index (χ1v) is 6.51. The minimum atomic E-state index is -0.859. The summed E-state index contributed by atoms with van der Waals surface area (Å²) in [7, 11) is 1.63. The van der Waals surface area contributed by atoms with Gasteiger partial charge in [0.2, 0.25) is 0 Å². The molecule has 0 aromatic heterocycles. The summed E-state index contributed by atoms with van der Waals surface area (Å²) in [6.07, 6.45) is -0.110. The molecule has 20 heavy (non-hydrogen) atoms. The average Bonchev–Trinajstić information content (AvgIpc) is 2.33. The molecule has 0 aromatic carbocycles. The van der Waals surface area contributed by atoms with Crippen molar-refractivity contribution in [2.75, 3.05) is 33.5 Å². The van der Waals surface area contributed by atoms with E-state index in [1.807, 2.05) is 20.8 Å². The van der Waals surface area contributed by atoms with E-state index in [0.717, 1.165) is 0 Å². The summed E-state index contributed by atoms with van der Waals surface area (Å²) < 4.78 is 21.3. The molecule has 0 aliphatic heterocycles. The monoisotopic (exact) mass is 342 g/mol. The maximum atomic E-state index is 10.3. The van der Waals surface area contributed by atoms with Crippen LogP contribution in [0.3, 0.4) is 0 Å². The molecule has 0 radical (unpaired) electrons. The number of ether oxygens (including phenoxy) is 4. The third kappa shape index (κ3) is 14.3. The second kappa shape index (κ2) is 13.9. The number of carboxylic acid groups (broad SMARTS) is 1. The van der Waals surface area contributed by atoms with Crippen molar-refractivity contribution in [3.05, 3.63) is 0 Å². The van der Waals surface area contributed by atoms with Crippen LogP contribution >= 0.6 is 0 Å². The molecule has 0 saturated heterocycles. The molecule has 3 atom stereocenters. The number of rotatable bonds is 12. The zero-order chi connectivity index (χ0) is 14.7. The van der Waals surface area contributed by atoms with E-state index in [2.05, 4.69) is 0 Å². The minimum Gasteiger partial charge on any atom is -0.481 e. The van der Waals surface area contributed by atoms with E-state index in [9.17, 15) is 4.79 Å². The number of aliphatic carboxylic acids is 1. The Morgan fingerprint density at radius 3 is 1.85 bits per heavy atom. The Morgan fingerprint density at radius 1 is 0.950 bits per heavy atom. The molecular formula is C13H26O6Zn. The Labute approximate surface area is 133 Å². The maximum absolute atomic E-state index is 10.3. The van der Waals surface area contributed by atoms with E-state index in [0.29, 0.717) is 19.8 Å². The van der Waals surface area contributed by atoms with E-state index < -0.39 is 5.97 Å². The van der Waals surface area contributed by atoms with Gasteiger partial charge in [0.05, 0.1) is 51.2 Å².